The Kier molecular flexibility index (Phi) is 3.24. The molecule has 0 saturated carbocycles. The van der Waals surface area contributed by atoms with Gasteiger partial charge in [-0.25, -0.2) is 0 Å². The van der Waals surface area contributed by atoms with Crippen molar-refractivity contribution >= 4 is 23.2 Å². The van der Waals surface area contributed by atoms with Crippen molar-refractivity contribution in [2.75, 3.05) is 0 Å². The van der Waals surface area contributed by atoms with Crippen molar-refractivity contribution in [1.29, 1.82) is 0 Å². The maximum absolute atomic E-state index is 11.6. The summed E-state index contributed by atoms with van der Waals surface area (Å²) in [7, 11) is 0. The molecule has 0 aliphatic heterocycles. The first-order valence-electron chi connectivity index (χ1n) is 4.30. The van der Waals surface area contributed by atoms with Crippen LogP contribution in [-0.4, -0.2) is 22.5 Å². The van der Waals surface area contributed by atoms with Crippen LogP contribution in [0.3, 0.4) is 0 Å². The summed E-state index contributed by atoms with van der Waals surface area (Å²) in [6.07, 6.45) is 6.39. The monoisotopic (exact) mass is 213 g/mol. The van der Waals surface area contributed by atoms with Gasteiger partial charge in [0.1, 0.15) is 10.7 Å². The first kappa shape index (κ1) is 11.1. The van der Waals surface area contributed by atoms with Crippen LogP contribution in [0.25, 0.3) is 0 Å². The number of carbonyl (C=O) groups excluding carboxylic acids is 2. The van der Waals surface area contributed by atoms with Crippen LogP contribution in [0.2, 0.25) is 0 Å². The molecule has 76 valence electrons. The topological polar surface area (TPSA) is 60.2 Å². The Balaban J connectivity index is 2.84. The van der Waals surface area contributed by atoms with Gasteiger partial charge < -0.3 is 5.73 Å². The summed E-state index contributed by atoms with van der Waals surface area (Å²) in [5.41, 5.74) is 5.69. The molecular weight excluding hydrogens is 202 g/mol. The quantitative estimate of drug-likeness (QED) is 0.561. The number of ketones is 2. The molecule has 0 aromatic heterocycles. The first-order valence-corrected chi connectivity index (χ1v) is 4.68. The van der Waals surface area contributed by atoms with Crippen LogP contribution >= 0.6 is 11.6 Å². The molecule has 0 heterocycles. The Morgan fingerprint density at radius 3 is 2.64 bits per heavy atom. The van der Waals surface area contributed by atoms with Crippen LogP contribution in [0.5, 0.6) is 0 Å². The molecule has 0 radical (unpaired) electrons. The average molecular weight is 214 g/mol. The third kappa shape index (κ3) is 2.11. The number of carbonyl (C=O) groups is 2. The van der Waals surface area contributed by atoms with Crippen LogP contribution in [0.1, 0.15) is 13.3 Å². The minimum absolute atomic E-state index is 0.171. The van der Waals surface area contributed by atoms with Crippen molar-refractivity contribution in [3.8, 4) is 0 Å². The van der Waals surface area contributed by atoms with E-state index in [9.17, 15) is 9.59 Å². The zero-order chi connectivity index (χ0) is 10.8. The summed E-state index contributed by atoms with van der Waals surface area (Å²) < 4.78 is 0. The minimum atomic E-state index is -1.25. The Bertz CT molecular complexity index is 322. The molecule has 1 aliphatic carbocycles. The summed E-state index contributed by atoms with van der Waals surface area (Å²) in [6, 6.07) is -0.569. The number of alkyl halides is 1. The van der Waals surface area contributed by atoms with Crippen molar-refractivity contribution in [1.82, 2.24) is 0 Å². The fourth-order valence-corrected chi connectivity index (χ4v) is 1.48. The normalized spacial score (nSPS) is 30.4. The molecule has 2 N–H and O–H groups in total. The standard InChI is InChI=1S/C10H12ClNO2/c1-7(13)6-9(14)10(11)5-3-2-4-8(10)12/h2-5,8H,6,12H2,1H3. The molecule has 1 aliphatic rings. The van der Waals surface area contributed by atoms with Gasteiger partial charge in [0.05, 0.1) is 12.5 Å². The second kappa shape index (κ2) is 4.07. The summed E-state index contributed by atoms with van der Waals surface area (Å²) in [5, 5.41) is 0. The van der Waals surface area contributed by atoms with Crippen molar-refractivity contribution < 1.29 is 9.59 Å². The van der Waals surface area contributed by atoms with Crippen LogP contribution in [0.4, 0.5) is 0 Å². The van der Waals surface area contributed by atoms with Gasteiger partial charge in [-0.1, -0.05) is 24.3 Å². The average Bonchev–Trinajstić information content (AvgIpc) is 2.09. The lowest BCUT2D eigenvalue weighted by Gasteiger charge is -2.28. The Hall–Kier alpha value is -0.930. The second-order valence-corrected chi connectivity index (χ2v) is 3.97. The van der Waals surface area contributed by atoms with Crippen molar-refractivity contribution in [3.05, 3.63) is 24.3 Å². The number of hydrogen-bond acceptors (Lipinski definition) is 3. The van der Waals surface area contributed by atoms with Crippen LogP contribution in [-0.2, 0) is 9.59 Å². The number of nitrogens with two attached hydrogens (primary N) is 1. The molecule has 0 amide bonds. The fraction of sp³-hybridized carbons (Fsp3) is 0.400. The molecule has 2 unspecified atom stereocenters. The van der Waals surface area contributed by atoms with E-state index in [0.29, 0.717) is 0 Å². The third-order valence-electron chi connectivity index (χ3n) is 2.09. The van der Waals surface area contributed by atoms with Gasteiger partial charge in [0.25, 0.3) is 0 Å². The molecular formula is C10H12ClNO2. The third-order valence-corrected chi connectivity index (χ3v) is 2.68. The van der Waals surface area contributed by atoms with Gasteiger partial charge in [0, 0.05) is 0 Å². The van der Waals surface area contributed by atoms with Gasteiger partial charge in [-0.3, -0.25) is 9.59 Å². The molecule has 4 heteroatoms. The Morgan fingerprint density at radius 2 is 2.14 bits per heavy atom. The van der Waals surface area contributed by atoms with E-state index in [4.69, 9.17) is 17.3 Å². The summed E-state index contributed by atoms with van der Waals surface area (Å²) in [4.78, 5) is 21.2. The molecule has 0 fully saturated rings. The van der Waals surface area contributed by atoms with Crippen LogP contribution in [0, 0.1) is 0 Å². The lowest BCUT2D eigenvalue weighted by molar-refractivity contribution is -0.126. The molecule has 2 atom stereocenters. The molecule has 3 nitrogen and oxygen atoms in total. The highest BCUT2D eigenvalue weighted by Gasteiger charge is 2.39. The fourth-order valence-electron chi connectivity index (χ4n) is 1.27. The van der Waals surface area contributed by atoms with E-state index in [1.54, 1.807) is 18.2 Å². The zero-order valence-corrected chi connectivity index (χ0v) is 8.62. The van der Waals surface area contributed by atoms with E-state index in [2.05, 4.69) is 0 Å². The first-order chi connectivity index (χ1) is 6.47. The predicted octanol–water partition coefficient (Wildman–Crippen LogP) is 0.966. The van der Waals surface area contributed by atoms with Crippen LogP contribution in [0.15, 0.2) is 24.3 Å². The van der Waals surface area contributed by atoms with Gasteiger partial charge in [0.2, 0.25) is 0 Å². The number of allylic oxidation sites excluding steroid dienone is 2. The number of rotatable bonds is 3. The highest BCUT2D eigenvalue weighted by atomic mass is 35.5. The Morgan fingerprint density at radius 1 is 1.50 bits per heavy atom. The maximum atomic E-state index is 11.6. The van der Waals surface area contributed by atoms with Crippen LogP contribution < -0.4 is 5.73 Å². The van der Waals surface area contributed by atoms with E-state index in [1.807, 2.05) is 0 Å². The van der Waals surface area contributed by atoms with Gasteiger partial charge in [-0.2, -0.15) is 0 Å². The van der Waals surface area contributed by atoms with Gasteiger partial charge in [-0.15, -0.1) is 11.6 Å². The van der Waals surface area contributed by atoms with E-state index in [1.165, 1.54) is 13.0 Å². The molecule has 0 aromatic rings. The highest BCUT2D eigenvalue weighted by molar-refractivity contribution is 6.39. The molecule has 0 bridgehead atoms. The van der Waals surface area contributed by atoms with E-state index >= 15 is 0 Å². The second-order valence-electron chi connectivity index (χ2n) is 3.34. The number of Topliss-reactive ketones (excluding diaryl/α,β-unsaturated/α-hetero) is 2. The van der Waals surface area contributed by atoms with E-state index in [0.717, 1.165) is 0 Å². The lowest BCUT2D eigenvalue weighted by Crippen LogP contribution is -2.48. The predicted molar refractivity (Wildman–Crippen MR) is 55.1 cm³/mol. The minimum Gasteiger partial charge on any atom is -0.322 e. The van der Waals surface area contributed by atoms with Gasteiger partial charge in [0.15, 0.2) is 5.78 Å². The largest absolute Gasteiger partial charge is 0.322 e. The SMILES string of the molecule is CC(=O)CC(=O)C1(Cl)C=CC=CC1N. The maximum Gasteiger partial charge on any atom is 0.166 e. The molecule has 0 aromatic carbocycles. The highest BCUT2D eigenvalue weighted by Crippen LogP contribution is 2.27. The van der Waals surface area contributed by atoms with Gasteiger partial charge >= 0.3 is 0 Å². The number of halogens is 1. The van der Waals surface area contributed by atoms with Crippen molar-refractivity contribution in [3.63, 3.8) is 0 Å². The molecule has 14 heavy (non-hydrogen) atoms. The zero-order valence-electron chi connectivity index (χ0n) is 7.87. The van der Waals surface area contributed by atoms with Crippen molar-refractivity contribution in [2.45, 2.75) is 24.3 Å². The van der Waals surface area contributed by atoms with E-state index in [-0.39, 0.29) is 18.0 Å². The van der Waals surface area contributed by atoms with Crippen molar-refractivity contribution in [2.24, 2.45) is 5.73 Å². The smallest absolute Gasteiger partial charge is 0.166 e. The van der Waals surface area contributed by atoms with Gasteiger partial charge in [-0.05, 0) is 6.92 Å². The lowest BCUT2D eigenvalue weighted by atomic mass is 9.88. The number of hydrogen-bond donors (Lipinski definition) is 1. The van der Waals surface area contributed by atoms with E-state index < -0.39 is 10.9 Å². The Labute approximate surface area is 87.6 Å². The summed E-state index contributed by atoms with van der Waals surface area (Å²) >= 11 is 6.06. The molecule has 0 spiro atoms. The summed E-state index contributed by atoms with van der Waals surface area (Å²) in [5.74, 6) is -0.551. The summed E-state index contributed by atoms with van der Waals surface area (Å²) in [6.45, 7) is 1.35. The molecule has 0 saturated heterocycles. The molecule has 1 rings (SSSR count).